The number of benzene rings is 4. The first-order chi connectivity index (χ1) is 14.7. The summed E-state index contributed by atoms with van der Waals surface area (Å²) in [5.74, 6) is 3.28. The lowest BCUT2D eigenvalue weighted by atomic mass is 10.1. The lowest BCUT2D eigenvalue weighted by Gasteiger charge is -2.36. The smallest absolute Gasteiger partial charge is 0.129 e. The van der Waals surface area contributed by atoms with Crippen molar-refractivity contribution in [1.29, 1.82) is 0 Å². The van der Waals surface area contributed by atoms with E-state index in [0.717, 1.165) is 45.7 Å². The lowest BCUT2D eigenvalue weighted by Crippen LogP contribution is -2.24. The largest absolute Gasteiger partial charge is 0.457 e. The van der Waals surface area contributed by atoms with Crippen LogP contribution in [0, 0.1) is 0 Å². The highest BCUT2D eigenvalue weighted by Crippen LogP contribution is 2.49. The van der Waals surface area contributed by atoms with E-state index in [9.17, 15) is 0 Å². The van der Waals surface area contributed by atoms with Gasteiger partial charge in [0.1, 0.15) is 23.0 Å². The van der Waals surface area contributed by atoms with E-state index in [1.165, 1.54) is 0 Å². The second kappa shape index (κ2) is 7.48. The van der Waals surface area contributed by atoms with Gasteiger partial charge in [0.05, 0.1) is 22.7 Å². The SMILES string of the molecule is CN1c2ccc(Oc3ccccc3)cc2N(C)c2ccc(Oc3ccccc3)cc21. The molecule has 0 aliphatic carbocycles. The second-order valence-electron chi connectivity index (χ2n) is 7.25. The van der Waals surface area contributed by atoms with Crippen molar-refractivity contribution < 1.29 is 9.47 Å². The maximum atomic E-state index is 6.04. The molecule has 0 spiro atoms. The average Bonchev–Trinajstić information content (AvgIpc) is 2.79. The van der Waals surface area contributed by atoms with Crippen LogP contribution in [0.15, 0.2) is 97.1 Å². The van der Waals surface area contributed by atoms with Crippen molar-refractivity contribution in [3.63, 3.8) is 0 Å². The minimum absolute atomic E-state index is 0.813. The number of ether oxygens (including phenoxy) is 2. The lowest BCUT2D eigenvalue weighted by molar-refractivity contribution is 0.482. The Hall–Kier alpha value is -3.92. The monoisotopic (exact) mass is 394 g/mol. The molecule has 0 saturated heterocycles. The minimum atomic E-state index is 0.813. The number of anilines is 4. The van der Waals surface area contributed by atoms with Gasteiger partial charge in [-0.2, -0.15) is 0 Å². The normalized spacial score (nSPS) is 12.2. The standard InChI is InChI=1S/C26H22N2O2/c1-27-23-15-13-22(30-20-11-7-4-8-12-20)18-26(23)28(2)24-16-14-21(17-25(24)27)29-19-9-5-3-6-10-19/h3-18H,1-2H3. The van der Waals surface area contributed by atoms with Gasteiger partial charge in [-0.3, -0.25) is 0 Å². The molecule has 0 bridgehead atoms. The number of nitrogens with zero attached hydrogens (tertiary/aromatic N) is 2. The number of hydrogen-bond acceptors (Lipinski definition) is 4. The maximum absolute atomic E-state index is 6.04. The molecule has 1 aliphatic rings. The first-order valence-electron chi connectivity index (χ1n) is 9.90. The van der Waals surface area contributed by atoms with Crippen molar-refractivity contribution in [3.8, 4) is 23.0 Å². The van der Waals surface area contributed by atoms with Gasteiger partial charge in [-0.15, -0.1) is 0 Å². The maximum Gasteiger partial charge on any atom is 0.129 e. The summed E-state index contributed by atoms with van der Waals surface area (Å²) in [6, 6.07) is 32.0. The highest BCUT2D eigenvalue weighted by Gasteiger charge is 2.25. The molecule has 148 valence electrons. The van der Waals surface area contributed by atoms with Crippen LogP contribution < -0.4 is 19.3 Å². The van der Waals surface area contributed by atoms with Crippen molar-refractivity contribution in [1.82, 2.24) is 0 Å². The van der Waals surface area contributed by atoms with E-state index < -0.39 is 0 Å². The van der Waals surface area contributed by atoms with Crippen LogP contribution in [-0.2, 0) is 0 Å². The Morgan fingerprint density at radius 3 is 1.23 bits per heavy atom. The molecule has 1 heterocycles. The van der Waals surface area contributed by atoms with E-state index in [0.29, 0.717) is 0 Å². The molecule has 0 unspecified atom stereocenters. The zero-order valence-electron chi connectivity index (χ0n) is 16.9. The first kappa shape index (κ1) is 18.1. The number of rotatable bonds is 4. The summed E-state index contributed by atoms with van der Waals surface area (Å²) in [4.78, 5) is 4.38. The number of fused-ring (bicyclic) bond motifs is 2. The Balaban J connectivity index is 1.46. The Bertz CT molecular complexity index is 1080. The molecule has 4 nitrogen and oxygen atoms in total. The highest BCUT2D eigenvalue weighted by atomic mass is 16.5. The molecule has 0 aromatic heterocycles. The van der Waals surface area contributed by atoms with E-state index >= 15 is 0 Å². The van der Waals surface area contributed by atoms with Crippen LogP contribution in [0.1, 0.15) is 0 Å². The van der Waals surface area contributed by atoms with Gasteiger partial charge in [0.25, 0.3) is 0 Å². The van der Waals surface area contributed by atoms with Crippen LogP contribution in [0.3, 0.4) is 0 Å². The van der Waals surface area contributed by atoms with E-state index in [-0.39, 0.29) is 0 Å². The van der Waals surface area contributed by atoms with Crippen molar-refractivity contribution in [2.75, 3.05) is 23.9 Å². The van der Waals surface area contributed by atoms with Crippen molar-refractivity contribution >= 4 is 22.7 Å². The van der Waals surface area contributed by atoms with Crippen LogP contribution in [0.2, 0.25) is 0 Å². The number of hydrogen-bond donors (Lipinski definition) is 0. The summed E-state index contributed by atoms with van der Waals surface area (Å²) in [6.07, 6.45) is 0. The number of para-hydroxylation sites is 2. The van der Waals surface area contributed by atoms with Crippen LogP contribution in [0.4, 0.5) is 22.7 Å². The first-order valence-corrected chi connectivity index (χ1v) is 9.90. The van der Waals surface area contributed by atoms with Crippen LogP contribution in [-0.4, -0.2) is 14.1 Å². The molecule has 4 heteroatoms. The summed E-state index contributed by atoms with van der Waals surface area (Å²) in [5, 5.41) is 0. The minimum Gasteiger partial charge on any atom is -0.457 e. The zero-order valence-corrected chi connectivity index (χ0v) is 16.9. The fourth-order valence-corrected chi connectivity index (χ4v) is 3.75. The fourth-order valence-electron chi connectivity index (χ4n) is 3.75. The summed E-state index contributed by atoms with van der Waals surface area (Å²) >= 11 is 0. The van der Waals surface area contributed by atoms with Gasteiger partial charge in [-0.25, -0.2) is 0 Å². The van der Waals surface area contributed by atoms with Gasteiger partial charge in [0, 0.05) is 26.2 Å². The fraction of sp³-hybridized carbons (Fsp3) is 0.0769. The van der Waals surface area contributed by atoms with Gasteiger partial charge in [-0.05, 0) is 48.5 Å². The van der Waals surface area contributed by atoms with Gasteiger partial charge >= 0.3 is 0 Å². The highest BCUT2D eigenvalue weighted by molar-refractivity contribution is 5.93. The Morgan fingerprint density at radius 1 is 0.433 bits per heavy atom. The molecular formula is C26H22N2O2. The molecule has 4 aromatic rings. The van der Waals surface area contributed by atoms with Gasteiger partial charge in [-0.1, -0.05) is 36.4 Å². The molecule has 4 aromatic carbocycles. The molecule has 0 atom stereocenters. The third-order valence-corrected chi connectivity index (χ3v) is 5.30. The molecule has 1 aliphatic heterocycles. The van der Waals surface area contributed by atoms with Crippen molar-refractivity contribution in [2.24, 2.45) is 0 Å². The van der Waals surface area contributed by atoms with E-state index in [2.05, 4.69) is 48.2 Å². The third kappa shape index (κ3) is 3.33. The van der Waals surface area contributed by atoms with Crippen molar-refractivity contribution in [3.05, 3.63) is 97.1 Å². The van der Waals surface area contributed by atoms with Gasteiger partial charge in [0.15, 0.2) is 0 Å². The van der Waals surface area contributed by atoms with E-state index in [1.54, 1.807) is 0 Å². The Morgan fingerprint density at radius 2 is 0.833 bits per heavy atom. The molecule has 0 radical (unpaired) electrons. The summed E-state index contributed by atoms with van der Waals surface area (Å²) in [7, 11) is 4.16. The van der Waals surface area contributed by atoms with Crippen molar-refractivity contribution in [2.45, 2.75) is 0 Å². The van der Waals surface area contributed by atoms with Crippen LogP contribution >= 0.6 is 0 Å². The summed E-state index contributed by atoms with van der Waals surface area (Å²) in [5.41, 5.74) is 4.41. The van der Waals surface area contributed by atoms with Gasteiger partial charge in [0.2, 0.25) is 0 Å². The molecule has 0 fully saturated rings. The summed E-state index contributed by atoms with van der Waals surface area (Å²) < 4.78 is 12.1. The topological polar surface area (TPSA) is 24.9 Å². The average molecular weight is 394 g/mol. The van der Waals surface area contributed by atoms with Crippen LogP contribution in [0.5, 0.6) is 23.0 Å². The van der Waals surface area contributed by atoms with E-state index in [4.69, 9.17) is 9.47 Å². The molecule has 5 rings (SSSR count). The molecule has 0 N–H and O–H groups in total. The van der Waals surface area contributed by atoms with Gasteiger partial charge < -0.3 is 19.3 Å². The molecule has 30 heavy (non-hydrogen) atoms. The molecular weight excluding hydrogens is 372 g/mol. The Labute approximate surface area is 176 Å². The van der Waals surface area contributed by atoms with Crippen LogP contribution in [0.25, 0.3) is 0 Å². The Kier molecular flexibility index (Phi) is 4.52. The molecule has 0 saturated carbocycles. The predicted molar refractivity (Wildman–Crippen MR) is 122 cm³/mol. The second-order valence-corrected chi connectivity index (χ2v) is 7.25. The summed E-state index contributed by atoms with van der Waals surface area (Å²) in [6.45, 7) is 0. The third-order valence-electron chi connectivity index (χ3n) is 5.30. The predicted octanol–water partition coefficient (Wildman–Crippen LogP) is 7.12. The van der Waals surface area contributed by atoms with E-state index in [1.807, 2.05) is 72.8 Å². The quantitative estimate of drug-likeness (QED) is 0.368. The molecule has 0 amide bonds. The zero-order chi connectivity index (χ0) is 20.5.